The summed E-state index contributed by atoms with van der Waals surface area (Å²) in [4.78, 5) is 41.0. The van der Waals surface area contributed by atoms with Crippen molar-refractivity contribution >= 4 is 17.7 Å². The quantitative estimate of drug-likeness (QED) is 0.553. The van der Waals surface area contributed by atoms with Gasteiger partial charge in [-0.15, -0.1) is 0 Å². The fraction of sp³-hybridized carbons (Fsp3) is 0.588. The largest absolute Gasteiger partial charge is 0.465 e. The number of ketones is 1. The fourth-order valence-electron chi connectivity index (χ4n) is 2.50. The van der Waals surface area contributed by atoms with Crippen LogP contribution in [0, 0.1) is 13.8 Å². The van der Waals surface area contributed by atoms with Gasteiger partial charge in [-0.3, -0.25) is 14.5 Å². The van der Waals surface area contributed by atoms with Crippen LogP contribution in [0.3, 0.4) is 0 Å². The topological polar surface area (TPSA) is 91.5 Å². The number of aromatic nitrogens is 1. The lowest BCUT2D eigenvalue weighted by Gasteiger charge is -2.22. The normalized spacial score (nSPS) is 12.1. The van der Waals surface area contributed by atoms with Crippen LogP contribution in [-0.4, -0.2) is 60.8 Å². The van der Waals surface area contributed by atoms with Crippen LogP contribution in [0.2, 0.25) is 0 Å². The summed E-state index contributed by atoms with van der Waals surface area (Å²) in [7, 11) is 3.03. The van der Waals surface area contributed by atoms with E-state index in [1.54, 1.807) is 32.7 Å². The molecule has 0 fully saturated rings. The van der Waals surface area contributed by atoms with Crippen LogP contribution in [0.15, 0.2) is 0 Å². The summed E-state index contributed by atoms with van der Waals surface area (Å²) in [5.74, 6) is -0.759. The highest BCUT2D eigenvalue weighted by atomic mass is 16.5. The van der Waals surface area contributed by atoms with Gasteiger partial charge in [-0.25, -0.2) is 4.79 Å². The van der Waals surface area contributed by atoms with Crippen molar-refractivity contribution in [1.29, 1.82) is 0 Å². The molecule has 0 aliphatic carbocycles. The molecule has 0 saturated heterocycles. The van der Waals surface area contributed by atoms with Crippen molar-refractivity contribution in [2.75, 3.05) is 27.2 Å². The lowest BCUT2D eigenvalue weighted by molar-refractivity contribution is -0.122. The van der Waals surface area contributed by atoms with Gasteiger partial charge in [0.1, 0.15) is 0 Å². The van der Waals surface area contributed by atoms with Gasteiger partial charge in [0.15, 0.2) is 5.78 Å². The number of amides is 1. The highest BCUT2D eigenvalue weighted by Crippen LogP contribution is 2.21. The first-order chi connectivity index (χ1) is 11.2. The number of methoxy groups -OCH3 is 1. The maximum absolute atomic E-state index is 12.7. The zero-order valence-electron chi connectivity index (χ0n) is 15.3. The van der Waals surface area contributed by atoms with Gasteiger partial charge in [-0.2, -0.15) is 0 Å². The number of hydrogen-bond donors (Lipinski definition) is 2. The number of Topliss-reactive ketones (excluding diaryl/α,β-unsaturated/α-hetero) is 1. The van der Waals surface area contributed by atoms with Gasteiger partial charge in [0.2, 0.25) is 5.91 Å². The van der Waals surface area contributed by atoms with Crippen molar-refractivity contribution in [1.82, 2.24) is 15.2 Å². The average molecular weight is 337 g/mol. The number of H-pyrrole nitrogens is 1. The minimum atomic E-state index is -0.500. The number of ether oxygens (including phenoxy) is 1. The van der Waals surface area contributed by atoms with Crippen molar-refractivity contribution in [2.24, 2.45) is 0 Å². The number of hydrogen-bond acceptors (Lipinski definition) is 5. The predicted octanol–water partition coefficient (Wildman–Crippen LogP) is 1.45. The average Bonchev–Trinajstić information content (AvgIpc) is 2.85. The highest BCUT2D eigenvalue weighted by Gasteiger charge is 2.27. The second-order valence-corrected chi connectivity index (χ2v) is 5.92. The summed E-state index contributed by atoms with van der Waals surface area (Å²) in [6, 6.07) is -0.500. The molecule has 2 N–H and O–H groups in total. The zero-order chi connectivity index (χ0) is 18.4. The minimum absolute atomic E-state index is 0.117. The molecule has 24 heavy (non-hydrogen) atoms. The highest BCUT2D eigenvalue weighted by molar-refractivity contribution is 6.03. The van der Waals surface area contributed by atoms with E-state index in [2.05, 4.69) is 10.3 Å². The van der Waals surface area contributed by atoms with E-state index in [0.717, 1.165) is 6.42 Å². The fourth-order valence-corrected chi connectivity index (χ4v) is 2.50. The molecule has 1 aromatic rings. The van der Waals surface area contributed by atoms with Crippen molar-refractivity contribution in [3.05, 3.63) is 22.5 Å². The number of likely N-dealkylation sites (N-methyl/N-ethyl adjacent to an activating group) is 1. The van der Waals surface area contributed by atoms with E-state index in [1.807, 2.05) is 6.92 Å². The van der Waals surface area contributed by atoms with Gasteiger partial charge < -0.3 is 15.0 Å². The molecule has 1 amide bonds. The third-order valence-electron chi connectivity index (χ3n) is 4.08. The molecular weight excluding hydrogens is 310 g/mol. The Morgan fingerprint density at radius 2 is 1.92 bits per heavy atom. The number of carbonyl (C=O) groups excluding carboxylic acids is 3. The summed E-state index contributed by atoms with van der Waals surface area (Å²) in [5.41, 5.74) is 1.93. The molecule has 0 aliphatic rings. The Morgan fingerprint density at radius 1 is 1.29 bits per heavy atom. The van der Waals surface area contributed by atoms with Crippen molar-refractivity contribution in [3.8, 4) is 0 Å². The van der Waals surface area contributed by atoms with Crippen LogP contribution in [0.25, 0.3) is 0 Å². The predicted molar refractivity (Wildman–Crippen MR) is 91.3 cm³/mol. The maximum Gasteiger partial charge on any atom is 0.339 e. The summed E-state index contributed by atoms with van der Waals surface area (Å²) in [6.07, 6.45) is 0.862. The lowest BCUT2D eigenvalue weighted by atomic mass is 10.0. The first-order valence-electron chi connectivity index (χ1n) is 8.03. The molecule has 0 unspecified atom stereocenters. The third kappa shape index (κ3) is 4.44. The number of aryl methyl sites for hydroxylation is 1. The maximum atomic E-state index is 12.7. The molecule has 0 spiro atoms. The smallest absolute Gasteiger partial charge is 0.339 e. The van der Waals surface area contributed by atoms with E-state index in [1.165, 1.54) is 7.11 Å². The Balaban J connectivity index is 2.90. The number of carbonyl (C=O) groups is 3. The number of aromatic amines is 1. The van der Waals surface area contributed by atoms with E-state index in [0.29, 0.717) is 29.1 Å². The summed E-state index contributed by atoms with van der Waals surface area (Å²) in [6.45, 7) is 7.91. The second-order valence-electron chi connectivity index (χ2n) is 5.92. The molecule has 0 saturated carbocycles. The number of nitrogens with one attached hydrogen (secondary N) is 2. The molecule has 0 bridgehead atoms. The van der Waals surface area contributed by atoms with Crippen LogP contribution in [-0.2, 0) is 9.53 Å². The van der Waals surface area contributed by atoms with Gasteiger partial charge in [0.25, 0.3) is 0 Å². The summed E-state index contributed by atoms with van der Waals surface area (Å²) in [5, 5.41) is 2.78. The Hall–Kier alpha value is -2.15. The van der Waals surface area contributed by atoms with Crippen LogP contribution >= 0.6 is 0 Å². The first-order valence-corrected chi connectivity index (χ1v) is 8.03. The minimum Gasteiger partial charge on any atom is -0.465 e. The number of nitrogens with zero attached hydrogens (tertiary/aromatic N) is 1. The molecule has 1 atom stereocenters. The van der Waals surface area contributed by atoms with Crippen LogP contribution in [0.5, 0.6) is 0 Å². The molecule has 134 valence electrons. The number of esters is 1. The SMILES string of the molecule is CCCNC(=O)CN(C)[C@H](C)C(=O)c1[nH]c(C)c(C(=O)OC)c1C. The van der Waals surface area contributed by atoms with Gasteiger partial charge in [0, 0.05) is 12.2 Å². The first kappa shape index (κ1) is 19.9. The van der Waals surface area contributed by atoms with Crippen LogP contribution in [0.1, 0.15) is 52.4 Å². The zero-order valence-corrected chi connectivity index (χ0v) is 15.3. The number of rotatable bonds is 8. The van der Waals surface area contributed by atoms with Gasteiger partial charge in [0.05, 0.1) is 31.0 Å². The molecule has 0 aliphatic heterocycles. The summed E-state index contributed by atoms with van der Waals surface area (Å²) < 4.78 is 4.76. The molecular formula is C17H27N3O4. The van der Waals surface area contributed by atoms with Crippen molar-refractivity contribution in [3.63, 3.8) is 0 Å². The molecule has 0 aromatic carbocycles. The van der Waals surface area contributed by atoms with Gasteiger partial charge in [-0.05, 0) is 39.8 Å². The van der Waals surface area contributed by atoms with E-state index < -0.39 is 12.0 Å². The second kappa shape index (κ2) is 8.63. The third-order valence-corrected chi connectivity index (χ3v) is 4.08. The van der Waals surface area contributed by atoms with Crippen molar-refractivity contribution in [2.45, 2.75) is 40.2 Å². The van der Waals surface area contributed by atoms with Gasteiger partial charge >= 0.3 is 5.97 Å². The molecule has 0 radical (unpaired) electrons. The van der Waals surface area contributed by atoms with E-state index >= 15 is 0 Å². The molecule has 1 aromatic heterocycles. The molecule has 7 heteroatoms. The Morgan fingerprint density at radius 3 is 2.46 bits per heavy atom. The van der Waals surface area contributed by atoms with E-state index in [4.69, 9.17) is 4.74 Å². The van der Waals surface area contributed by atoms with Crippen LogP contribution in [0.4, 0.5) is 0 Å². The molecule has 7 nitrogen and oxygen atoms in total. The monoisotopic (exact) mass is 337 g/mol. The van der Waals surface area contributed by atoms with E-state index in [9.17, 15) is 14.4 Å². The van der Waals surface area contributed by atoms with Crippen LogP contribution < -0.4 is 5.32 Å². The molecule has 1 rings (SSSR count). The Kier molecular flexibility index (Phi) is 7.16. The van der Waals surface area contributed by atoms with Gasteiger partial charge in [-0.1, -0.05) is 6.92 Å². The Labute approximate surface area is 142 Å². The van der Waals surface area contributed by atoms with E-state index in [-0.39, 0.29) is 18.2 Å². The molecule has 1 heterocycles. The van der Waals surface area contributed by atoms with Crippen molar-refractivity contribution < 1.29 is 19.1 Å². The standard InChI is InChI=1S/C17H27N3O4/c1-7-8-18-13(21)9-20(5)12(4)16(22)15-10(2)14(11(3)19-15)17(23)24-6/h12,19H,7-9H2,1-6H3,(H,18,21)/t12-/m1/s1. The Bertz CT molecular complexity index is 622. The summed E-state index contributed by atoms with van der Waals surface area (Å²) >= 11 is 0. The lowest BCUT2D eigenvalue weighted by Crippen LogP contribution is -2.43.